The molecule has 0 spiro atoms. The predicted molar refractivity (Wildman–Crippen MR) is 67.6 cm³/mol. The zero-order valence-corrected chi connectivity index (χ0v) is 11.9. The zero-order chi connectivity index (χ0) is 14.6. The number of likely N-dealkylation sites (tertiary alicyclic amines) is 1. The van der Waals surface area contributed by atoms with Gasteiger partial charge in [0.05, 0.1) is 13.0 Å². The highest BCUT2D eigenvalue weighted by Gasteiger charge is 2.39. The fourth-order valence-corrected chi connectivity index (χ4v) is 1.87. The summed E-state index contributed by atoms with van der Waals surface area (Å²) >= 11 is 0. The van der Waals surface area contributed by atoms with Crippen molar-refractivity contribution in [3.63, 3.8) is 0 Å². The van der Waals surface area contributed by atoms with Crippen LogP contribution < -0.4 is 0 Å². The van der Waals surface area contributed by atoms with E-state index in [9.17, 15) is 14.4 Å². The van der Waals surface area contributed by atoms with Crippen molar-refractivity contribution in [3.05, 3.63) is 0 Å². The molecule has 0 aromatic heterocycles. The van der Waals surface area contributed by atoms with E-state index < -0.39 is 23.7 Å². The number of nitrogens with zero attached hydrogens (tertiary/aromatic N) is 1. The highest BCUT2D eigenvalue weighted by molar-refractivity contribution is 5.93. The molecule has 0 radical (unpaired) electrons. The molecule has 1 aliphatic rings. The molecule has 6 nitrogen and oxygen atoms in total. The zero-order valence-electron chi connectivity index (χ0n) is 11.9. The van der Waals surface area contributed by atoms with Crippen molar-refractivity contribution < 1.29 is 23.9 Å². The summed E-state index contributed by atoms with van der Waals surface area (Å²) < 4.78 is 10.0. The highest BCUT2D eigenvalue weighted by Crippen LogP contribution is 2.21. The number of rotatable bonds is 3. The van der Waals surface area contributed by atoms with E-state index in [4.69, 9.17) is 9.47 Å². The van der Waals surface area contributed by atoms with Gasteiger partial charge in [-0.1, -0.05) is 0 Å². The Kier molecular flexibility index (Phi) is 4.91. The predicted octanol–water partition coefficient (Wildman–Crippen LogP) is 1.52. The Balaban J connectivity index is 2.68. The van der Waals surface area contributed by atoms with Crippen molar-refractivity contribution in [2.45, 2.75) is 52.2 Å². The first-order valence-corrected chi connectivity index (χ1v) is 6.42. The highest BCUT2D eigenvalue weighted by atomic mass is 16.6. The summed E-state index contributed by atoms with van der Waals surface area (Å²) in [5.74, 6) is -0.602. The average molecular weight is 271 g/mol. The van der Waals surface area contributed by atoms with Gasteiger partial charge in [-0.05, 0) is 27.7 Å². The molecule has 1 amide bonds. The van der Waals surface area contributed by atoms with E-state index >= 15 is 0 Å². The molecule has 0 aromatic rings. The van der Waals surface area contributed by atoms with Gasteiger partial charge in [0, 0.05) is 13.0 Å². The second kappa shape index (κ2) is 6.04. The van der Waals surface area contributed by atoms with Crippen LogP contribution in [0.2, 0.25) is 0 Å². The second-order valence-corrected chi connectivity index (χ2v) is 5.41. The van der Waals surface area contributed by atoms with Crippen LogP contribution in [0.3, 0.4) is 0 Å². The number of carbonyl (C=O) groups excluding carboxylic acids is 3. The monoisotopic (exact) mass is 271 g/mol. The Morgan fingerprint density at radius 3 is 2.53 bits per heavy atom. The molecule has 19 heavy (non-hydrogen) atoms. The molecule has 0 aliphatic carbocycles. The van der Waals surface area contributed by atoms with E-state index in [1.807, 2.05) is 0 Å². The molecule has 1 heterocycles. The second-order valence-electron chi connectivity index (χ2n) is 5.41. The maximum absolute atomic E-state index is 12.0. The normalized spacial score (nSPS) is 19.5. The van der Waals surface area contributed by atoms with Crippen LogP contribution in [0.25, 0.3) is 0 Å². The summed E-state index contributed by atoms with van der Waals surface area (Å²) in [5.41, 5.74) is -0.628. The molecule has 0 aromatic carbocycles. The third-order valence-corrected chi connectivity index (χ3v) is 2.64. The lowest BCUT2D eigenvalue weighted by atomic mass is 10.1. The van der Waals surface area contributed by atoms with E-state index in [0.717, 1.165) is 0 Å². The van der Waals surface area contributed by atoms with Gasteiger partial charge in [-0.25, -0.2) is 4.79 Å². The lowest BCUT2D eigenvalue weighted by molar-refractivity contribution is -0.145. The van der Waals surface area contributed by atoms with E-state index in [1.165, 1.54) is 4.90 Å². The topological polar surface area (TPSA) is 72.9 Å². The molecule has 1 saturated heterocycles. The number of carbonyl (C=O) groups is 3. The molecule has 1 atom stereocenters. The molecule has 1 aliphatic heterocycles. The molecule has 1 unspecified atom stereocenters. The van der Waals surface area contributed by atoms with Gasteiger partial charge in [0.2, 0.25) is 0 Å². The minimum absolute atomic E-state index is 0.105. The van der Waals surface area contributed by atoms with Crippen molar-refractivity contribution in [1.29, 1.82) is 0 Å². The minimum atomic E-state index is -0.756. The summed E-state index contributed by atoms with van der Waals surface area (Å²) in [4.78, 5) is 36.4. The van der Waals surface area contributed by atoms with Crippen LogP contribution in [0.1, 0.15) is 40.5 Å². The number of hydrogen-bond donors (Lipinski definition) is 0. The van der Waals surface area contributed by atoms with Crippen LogP contribution in [0.15, 0.2) is 0 Å². The third-order valence-electron chi connectivity index (χ3n) is 2.64. The van der Waals surface area contributed by atoms with Crippen LogP contribution in [0, 0.1) is 0 Å². The van der Waals surface area contributed by atoms with Crippen LogP contribution in [0.4, 0.5) is 4.79 Å². The van der Waals surface area contributed by atoms with E-state index in [2.05, 4.69) is 0 Å². The standard InChI is InChI=1S/C13H21NO5/c1-5-18-11(16)8-9-10(15)6-7-14(9)12(17)19-13(2,3)4/h9H,5-8H2,1-4H3. The molecule has 108 valence electrons. The molecule has 0 saturated carbocycles. The van der Waals surface area contributed by atoms with Gasteiger partial charge in [-0.2, -0.15) is 0 Å². The van der Waals surface area contributed by atoms with Gasteiger partial charge in [0.25, 0.3) is 0 Å². The van der Waals surface area contributed by atoms with Crippen LogP contribution >= 0.6 is 0 Å². The molecule has 1 rings (SSSR count). The van der Waals surface area contributed by atoms with Gasteiger partial charge in [-0.15, -0.1) is 0 Å². The SMILES string of the molecule is CCOC(=O)CC1C(=O)CCN1C(=O)OC(C)(C)C. The van der Waals surface area contributed by atoms with E-state index in [0.29, 0.717) is 0 Å². The average Bonchev–Trinajstić information content (AvgIpc) is 2.58. The Labute approximate surface area is 113 Å². The fraction of sp³-hybridized carbons (Fsp3) is 0.769. The molecule has 1 fully saturated rings. The number of hydrogen-bond acceptors (Lipinski definition) is 5. The van der Waals surface area contributed by atoms with Crippen molar-refractivity contribution in [2.24, 2.45) is 0 Å². The van der Waals surface area contributed by atoms with Gasteiger partial charge in [0.15, 0.2) is 5.78 Å². The largest absolute Gasteiger partial charge is 0.466 e. The number of esters is 1. The fourth-order valence-electron chi connectivity index (χ4n) is 1.87. The minimum Gasteiger partial charge on any atom is -0.466 e. The number of amides is 1. The van der Waals surface area contributed by atoms with Gasteiger partial charge in [0.1, 0.15) is 11.6 Å². The summed E-state index contributed by atoms with van der Waals surface area (Å²) in [5, 5.41) is 0. The van der Waals surface area contributed by atoms with Gasteiger partial charge < -0.3 is 9.47 Å². The van der Waals surface area contributed by atoms with Gasteiger partial charge in [-0.3, -0.25) is 14.5 Å². The smallest absolute Gasteiger partial charge is 0.410 e. The lowest BCUT2D eigenvalue weighted by Gasteiger charge is -2.27. The van der Waals surface area contributed by atoms with E-state index in [-0.39, 0.29) is 31.8 Å². The van der Waals surface area contributed by atoms with E-state index in [1.54, 1.807) is 27.7 Å². The van der Waals surface area contributed by atoms with Crippen molar-refractivity contribution in [3.8, 4) is 0 Å². The molecule has 0 N–H and O–H groups in total. The van der Waals surface area contributed by atoms with Crippen LogP contribution in [0.5, 0.6) is 0 Å². The number of Topliss-reactive ketones (excluding diaryl/α,β-unsaturated/α-hetero) is 1. The summed E-state index contributed by atoms with van der Waals surface area (Å²) in [7, 11) is 0. The maximum Gasteiger partial charge on any atom is 0.410 e. The van der Waals surface area contributed by atoms with Gasteiger partial charge >= 0.3 is 12.1 Å². The Bertz CT molecular complexity index is 372. The van der Waals surface area contributed by atoms with Crippen molar-refractivity contribution in [1.82, 2.24) is 4.90 Å². The first-order chi connectivity index (χ1) is 8.74. The Morgan fingerprint density at radius 1 is 1.37 bits per heavy atom. The molecular weight excluding hydrogens is 250 g/mol. The summed E-state index contributed by atoms with van der Waals surface area (Å²) in [6.45, 7) is 7.50. The van der Waals surface area contributed by atoms with Crippen molar-refractivity contribution >= 4 is 17.8 Å². The summed E-state index contributed by atoms with van der Waals surface area (Å²) in [6, 6.07) is -0.756. The van der Waals surface area contributed by atoms with Crippen LogP contribution in [-0.4, -0.2) is 47.5 Å². The lowest BCUT2D eigenvalue weighted by Crippen LogP contribution is -2.42. The molecule has 6 heteroatoms. The first-order valence-electron chi connectivity index (χ1n) is 6.42. The number of ketones is 1. The van der Waals surface area contributed by atoms with Crippen molar-refractivity contribution in [2.75, 3.05) is 13.2 Å². The Hall–Kier alpha value is -1.59. The Morgan fingerprint density at radius 2 is 2.00 bits per heavy atom. The van der Waals surface area contributed by atoms with Crippen LogP contribution in [-0.2, 0) is 19.1 Å². The molecule has 0 bridgehead atoms. The third kappa shape index (κ3) is 4.54. The number of ether oxygens (including phenoxy) is 2. The quantitative estimate of drug-likeness (QED) is 0.728. The summed E-state index contributed by atoms with van der Waals surface area (Å²) in [6.07, 6.45) is -0.414. The first kappa shape index (κ1) is 15.5. The maximum atomic E-state index is 12.0. The molecular formula is C13H21NO5.